The molecule has 0 atom stereocenters. The van der Waals surface area contributed by atoms with Gasteiger partial charge in [0.15, 0.2) is 5.65 Å². The quantitative estimate of drug-likeness (QED) is 0.523. The molecule has 0 fully saturated rings. The fourth-order valence-electron chi connectivity index (χ4n) is 1.54. The average molecular weight is 201 g/mol. The predicted molar refractivity (Wildman–Crippen MR) is 54.9 cm³/mol. The van der Waals surface area contributed by atoms with Crippen LogP contribution in [0.15, 0.2) is 18.3 Å². The van der Waals surface area contributed by atoms with Gasteiger partial charge in [0, 0.05) is 11.6 Å². The SMILES string of the molecule is Nc1c(N)c2nnnn2c2ncccc12. The second kappa shape index (κ2) is 2.53. The molecule has 0 radical (unpaired) electrons. The van der Waals surface area contributed by atoms with Crippen LogP contribution >= 0.6 is 0 Å². The van der Waals surface area contributed by atoms with Crippen molar-refractivity contribution in [2.75, 3.05) is 11.5 Å². The van der Waals surface area contributed by atoms with Crippen LogP contribution in [0.3, 0.4) is 0 Å². The number of hydrogen-bond acceptors (Lipinski definition) is 6. The van der Waals surface area contributed by atoms with Gasteiger partial charge in [-0.25, -0.2) is 4.98 Å². The zero-order valence-electron chi connectivity index (χ0n) is 7.62. The zero-order valence-corrected chi connectivity index (χ0v) is 7.62. The van der Waals surface area contributed by atoms with Crippen molar-refractivity contribution in [3.05, 3.63) is 18.3 Å². The van der Waals surface area contributed by atoms with Crippen LogP contribution in [0.5, 0.6) is 0 Å². The van der Waals surface area contributed by atoms with E-state index in [4.69, 9.17) is 11.5 Å². The summed E-state index contributed by atoms with van der Waals surface area (Å²) in [5.74, 6) is 0. The summed E-state index contributed by atoms with van der Waals surface area (Å²) in [6.07, 6.45) is 1.65. The number of fused-ring (bicyclic) bond motifs is 3. The molecule has 3 rings (SSSR count). The molecule has 0 aliphatic heterocycles. The molecule has 0 saturated heterocycles. The van der Waals surface area contributed by atoms with Crippen molar-refractivity contribution in [2.24, 2.45) is 0 Å². The summed E-state index contributed by atoms with van der Waals surface area (Å²) in [6, 6.07) is 3.61. The van der Waals surface area contributed by atoms with Crippen LogP contribution in [-0.4, -0.2) is 25.0 Å². The maximum Gasteiger partial charge on any atom is 0.206 e. The molecule has 0 aromatic carbocycles. The summed E-state index contributed by atoms with van der Waals surface area (Å²) in [7, 11) is 0. The first kappa shape index (κ1) is 7.92. The van der Waals surface area contributed by atoms with Gasteiger partial charge in [0.05, 0.1) is 5.69 Å². The Morgan fingerprint density at radius 1 is 1.13 bits per heavy atom. The smallest absolute Gasteiger partial charge is 0.206 e. The van der Waals surface area contributed by atoms with Crippen LogP contribution in [0.1, 0.15) is 0 Å². The van der Waals surface area contributed by atoms with Crippen molar-refractivity contribution in [3.8, 4) is 0 Å². The second-order valence-electron chi connectivity index (χ2n) is 3.12. The lowest BCUT2D eigenvalue weighted by Gasteiger charge is -2.05. The lowest BCUT2D eigenvalue weighted by atomic mass is 10.2. The van der Waals surface area contributed by atoms with Crippen LogP contribution in [0.25, 0.3) is 16.7 Å². The number of nitrogen functional groups attached to an aromatic ring is 2. The highest BCUT2D eigenvalue weighted by molar-refractivity contribution is 5.99. The largest absolute Gasteiger partial charge is 0.396 e. The van der Waals surface area contributed by atoms with Gasteiger partial charge in [0.2, 0.25) is 5.65 Å². The topological polar surface area (TPSA) is 108 Å². The number of hydrogen-bond donors (Lipinski definition) is 2. The Morgan fingerprint density at radius 3 is 2.87 bits per heavy atom. The molecule has 0 aliphatic rings. The van der Waals surface area contributed by atoms with Gasteiger partial charge < -0.3 is 11.5 Å². The number of aromatic nitrogens is 5. The molecule has 3 heterocycles. The van der Waals surface area contributed by atoms with Crippen LogP contribution in [0, 0.1) is 0 Å². The fourth-order valence-corrected chi connectivity index (χ4v) is 1.54. The van der Waals surface area contributed by atoms with Crippen molar-refractivity contribution in [1.82, 2.24) is 25.0 Å². The normalized spacial score (nSPS) is 11.2. The predicted octanol–water partition coefficient (Wildman–Crippen LogP) is -0.163. The number of nitrogens with two attached hydrogens (primary N) is 2. The Hall–Kier alpha value is -2.44. The van der Waals surface area contributed by atoms with E-state index in [0.29, 0.717) is 22.7 Å². The van der Waals surface area contributed by atoms with E-state index in [-0.39, 0.29) is 0 Å². The van der Waals surface area contributed by atoms with Crippen molar-refractivity contribution in [3.63, 3.8) is 0 Å². The molecule has 0 amide bonds. The minimum absolute atomic E-state index is 0.375. The Balaban J connectivity index is 2.70. The Kier molecular flexibility index (Phi) is 1.34. The monoisotopic (exact) mass is 201 g/mol. The van der Waals surface area contributed by atoms with Gasteiger partial charge in [-0.2, -0.15) is 4.52 Å². The molecule has 0 saturated carbocycles. The van der Waals surface area contributed by atoms with E-state index in [9.17, 15) is 0 Å². The summed E-state index contributed by atoms with van der Waals surface area (Å²) in [5, 5.41) is 11.9. The molecular weight excluding hydrogens is 194 g/mol. The molecule has 4 N–H and O–H groups in total. The first-order valence-electron chi connectivity index (χ1n) is 4.29. The molecular formula is C8H7N7. The van der Waals surface area contributed by atoms with Gasteiger partial charge in [-0.05, 0) is 22.6 Å². The van der Waals surface area contributed by atoms with Gasteiger partial charge >= 0.3 is 0 Å². The molecule has 7 heteroatoms. The Bertz CT molecular complexity index is 656. The molecule has 7 nitrogen and oxygen atoms in total. The first-order chi connectivity index (χ1) is 7.29. The third kappa shape index (κ3) is 0.885. The maximum atomic E-state index is 5.87. The molecule has 0 spiro atoms. The molecule has 15 heavy (non-hydrogen) atoms. The summed E-state index contributed by atoms with van der Waals surface area (Å²) < 4.78 is 1.47. The van der Waals surface area contributed by atoms with Crippen molar-refractivity contribution in [1.29, 1.82) is 0 Å². The highest BCUT2D eigenvalue weighted by atomic mass is 15.5. The highest BCUT2D eigenvalue weighted by Gasteiger charge is 2.12. The van der Waals surface area contributed by atoms with Crippen LogP contribution in [0.4, 0.5) is 11.4 Å². The maximum absolute atomic E-state index is 5.87. The third-order valence-electron chi connectivity index (χ3n) is 2.28. The average Bonchev–Trinajstić information content (AvgIpc) is 2.75. The van der Waals surface area contributed by atoms with Gasteiger partial charge in [0.1, 0.15) is 5.69 Å². The third-order valence-corrected chi connectivity index (χ3v) is 2.28. The highest BCUT2D eigenvalue weighted by Crippen LogP contribution is 2.27. The van der Waals surface area contributed by atoms with E-state index in [1.54, 1.807) is 12.3 Å². The summed E-state index contributed by atoms with van der Waals surface area (Å²) in [4.78, 5) is 4.17. The lowest BCUT2D eigenvalue weighted by Crippen LogP contribution is -2.03. The molecule has 0 bridgehead atoms. The van der Waals surface area contributed by atoms with Crippen molar-refractivity contribution >= 4 is 28.1 Å². The van der Waals surface area contributed by atoms with E-state index >= 15 is 0 Å². The zero-order chi connectivity index (χ0) is 10.4. The van der Waals surface area contributed by atoms with E-state index in [1.807, 2.05) is 6.07 Å². The standard InChI is InChI=1S/C8H7N7/c9-5-4-2-1-3-11-7(4)15-8(6(5)10)12-13-14-15/h1-3H,9-10H2. The van der Waals surface area contributed by atoms with Gasteiger partial charge in [0.25, 0.3) is 0 Å². The van der Waals surface area contributed by atoms with Crippen LogP contribution in [0.2, 0.25) is 0 Å². The summed E-state index contributed by atoms with van der Waals surface area (Å²) in [6.45, 7) is 0. The molecule has 3 aromatic rings. The number of anilines is 2. The minimum Gasteiger partial charge on any atom is -0.396 e. The van der Waals surface area contributed by atoms with Crippen LogP contribution in [-0.2, 0) is 0 Å². The number of nitrogens with zero attached hydrogens (tertiary/aromatic N) is 5. The van der Waals surface area contributed by atoms with E-state index in [0.717, 1.165) is 5.39 Å². The van der Waals surface area contributed by atoms with Crippen molar-refractivity contribution in [2.45, 2.75) is 0 Å². The van der Waals surface area contributed by atoms with Gasteiger partial charge in [-0.15, -0.1) is 5.10 Å². The second-order valence-corrected chi connectivity index (χ2v) is 3.12. The number of rotatable bonds is 0. The molecule has 74 valence electrons. The fraction of sp³-hybridized carbons (Fsp3) is 0. The summed E-state index contributed by atoms with van der Waals surface area (Å²) >= 11 is 0. The Morgan fingerprint density at radius 2 is 2.00 bits per heavy atom. The molecule has 0 aliphatic carbocycles. The van der Waals surface area contributed by atoms with Gasteiger partial charge in [-0.1, -0.05) is 0 Å². The molecule has 3 aromatic heterocycles. The Labute approximate surface area is 83.7 Å². The number of pyridine rings is 2. The van der Waals surface area contributed by atoms with E-state index < -0.39 is 0 Å². The van der Waals surface area contributed by atoms with E-state index in [2.05, 4.69) is 20.5 Å². The van der Waals surface area contributed by atoms with E-state index in [1.165, 1.54) is 4.52 Å². The van der Waals surface area contributed by atoms with Crippen molar-refractivity contribution < 1.29 is 0 Å². The number of tetrazole rings is 1. The lowest BCUT2D eigenvalue weighted by molar-refractivity contribution is 0.835. The first-order valence-corrected chi connectivity index (χ1v) is 4.29. The minimum atomic E-state index is 0.375. The van der Waals surface area contributed by atoms with Gasteiger partial charge in [-0.3, -0.25) is 0 Å². The summed E-state index contributed by atoms with van der Waals surface area (Å²) in [5.41, 5.74) is 13.5. The molecule has 0 unspecified atom stereocenters. The van der Waals surface area contributed by atoms with Crippen LogP contribution < -0.4 is 11.5 Å².